The summed E-state index contributed by atoms with van der Waals surface area (Å²) < 4.78 is 0. The van der Waals surface area contributed by atoms with Crippen LogP contribution < -0.4 is 11.1 Å². The quantitative estimate of drug-likeness (QED) is 0.319. The molecule has 1 aliphatic rings. The number of hydrogen-bond acceptors (Lipinski definition) is 5. The molecule has 0 saturated heterocycles. The molecule has 0 aromatic carbocycles. The molecule has 5 atom stereocenters. The summed E-state index contributed by atoms with van der Waals surface area (Å²) in [6.45, 7) is 1.30. The van der Waals surface area contributed by atoms with Gasteiger partial charge in [0.25, 0.3) is 0 Å². The van der Waals surface area contributed by atoms with Gasteiger partial charge in [0.2, 0.25) is 5.91 Å². The van der Waals surface area contributed by atoms with Gasteiger partial charge in [0.1, 0.15) is 12.2 Å². The van der Waals surface area contributed by atoms with Gasteiger partial charge >= 0.3 is 0 Å². The number of amides is 1. The summed E-state index contributed by atoms with van der Waals surface area (Å²) in [5.41, 5.74) is 5.62. The molecule has 0 spiro atoms. The molecule has 0 aromatic rings. The molecule has 1 saturated carbocycles. The van der Waals surface area contributed by atoms with Crippen molar-refractivity contribution in [1.82, 2.24) is 5.32 Å². The number of nitrogens with one attached hydrogen (secondary N) is 1. The molecule has 1 rings (SSSR count). The molecule has 0 unspecified atom stereocenters. The van der Waals surface area contributed by atoms with Crippen molar-refractivity contribution in [2.75, 3.05) is 0 Å². The molecule has 14 heavy (non-hydrogen) atoms. The zero-order chi connectivity index (χ0) is 10.9. The van der Waals surface area contributed by atoms with Crippen LogP contribution in [0, 0.1) is 0 Å². The lowest BCUT2D eigenvalue weighted by atomic mass is 9.84. The second kappa shape index (κ2) is 4.22. The van der Waals surface area contributed by atoms with Crippen molar-refractivity contribution in [3.63, 3.8) is 0 Å². The van der Waals surface area contributed by atoms with E-state index in [1.807, 2.05) is 0 Å². The van der Waals surface area contributed by atoms with Gasteiger partial charge in [-0.15, -0.1) is 0 Å². The van der Waals surface area contributed by atoms with Gasteiger partial charge < -0.3 is 26.4 Å². The van der Waals surface area contributed by atoms with E-state index in [0.29, 0.717) is 0 Å². The van der Waals surface area contributed by atoms with Gasteiger partial charge in [-0.05, 0) is 6.42 Å². The summed E-state index contributed by atoms with van der Waals surface area (Å²) in [6, 6.07) is -1.25. The van der Waals surface area contributed by atoms with Crippen molar-refractivity contribution in [2.45, 2.75) is 43.7 Å². The molecular weight excluding hydrogens is 188 g/mol. The first-order valence-electron chi connectivity index (χ1n) is 4.50. The zero-order valence-electron chi connectivity index (χ0n) is 7.92. The Balaban J connectivity index is 2.68. The van der Waals surface area contributed by atoms with E-state index in [9.17, 15) is 20.1 Å². The topological polar surface area (TPSA) is 116 Å². The van der Waals surface area contributed by atoms with Gasteiger partial charge in [-0.2, -0.15) is 0 Å². The van der Waals surface area contributed by atoms with Crippen LogP contribution in [0.1, 0.15) is 13.3 Å². The van der Waals surface area contributed by atoms with Crippen LogP contribution in [-0.4, -0.2) is 51.6 Å². The third-order valence-electron chi connectivity index (χ3n) is 2.46. The van der Waals surface area contributed by atoms with E-state index in [0.717, 1.165) is 0 Å². The monoisotopic (exact) mass is 204 g/mol. The van der Waals surface area contributed by atoms with Crippen molar-refractivity contribution in [3.05, 3.63) is 0 Å². The average Bonchev–Trinajstić information content (AvgIpc) is 2.09. The molecule has 6 heteroatoms. The maximum atomic E-state index is 10.8. The largest absolute Gasteiger partial charge is 0.390 e. The van der Waals surface area contributed by atoms with Crippen LogP contribution in [0.25, 0.3) is 0 Å². The number of aliphatic hydroxyl groups excluding tert-OH is 3. The number of aliphatic hydroxyl groups is 3. The van der Waals surface area contributed by atoms with Crippen LogP contribution in [0.3, 0.4) is 0 Å². The van der Waals surface area contributed by atoms with Crippen molar-refractivity contribution in [2.24, 2.45) is 5.73 Å². The Morgan fingerprint density at radius 2 is 1.93 bits per heavy atom. The number of carbonyl (C=O) groups excluding carboxylic acids is 1. The number of nitrogens with two attached hydrogens (primary N) is 1. The van der Waals surface area contributed by atoms with Crippen molar-refractivity contribution in [1.29, 1.82) is 0 Å². The summed E-state index contributed by atoms with van der Waals surface area (Å²) in [5.74, 6) is -0.326. The van der Waals surface area contributed by atoms with Crippen LogP contribution in [-0.2, 0) is 4.79 Å². The third kappa shape index (κ3) is 2.21. The molecule has 1 aliphatic carbocycles. The van der Waals surface area contributed by atoms with Crippen molar-refractivity contribution >= 4 is 5.91 Å². The molecule has 1 amide bonds. The third-order valence-corrected chi connectivity index (χ3v) is 2.46. The molecule has 82 valence electrons. The summed E-state index contributed by atoms with van der Waals surface area (Å²) in [7, 11) is 0. The van der Waals surface area contributed by atoms with E-state index < -0.39 is 30.4 Å². The lowest BCUT2D eigenvalue weighted by Crippen LogP contribution is -2.64. The Bertz CT molecular complexity index is 223. The molecule has 6 nitrogen and oxygen atoms in total. The van der Waals surface area contributed by atoms with E-state index in [1.54, 1.807) is 0 Å². The molecule has 6 N–H and O–H groups in total. The van der Waals surface area contributed by atoms with Gasteiger partial charge in [0.15, 0.2) is 0 Å². The summed E-state index contributed by atoms with van der Waals surface area (Å²) >= 11 is 0. The van der Waals surface area contributed by atoms with E-state index >= 15 is 0 Å². The highest BCUT2D eigenvalue weighted by Crippen LogP contribution is 2.19. The summed E-state index contributed by atoms with van der Waals surface area (Å²) in [4.78, 5) is 10.8. The summed E-state index contributed by atoms with van der Waals surface area (Å²) in [6.07, 6.45) is -3.36. The molecule has 0 aliphatic heterocycles. The first-order valence-corrected chi connectivity index (χ1v) is 4.50. The van der Waals surface area contributed by atoms with Gasteiger partial charge in [0.05, 0.1) is 12.1 Å². The second-order valence-electron chi connectivity index (χ2n) is 3.67. The van der Waals surface area contributed by atoms with Gasteiger partial charge in [0, 0.05) is 13.0 Å². The molecule has 0 aromatic heterocycles. The van der Waals surface area contributed by atoms with E-state index in [4.69, 9.17) is 5.73 Å². The van der Waals surface area contributed by atoms with Crippen molar-refractivity contribution < 1.29 is 20.1 Å². The Hall–Kier alpha value is -0.690. The second-order valence-corrected chi connectivity index (χ2v) is 3.67. The van der Waals surface area contributed by atoms with Crippen LogP contribution >= 0.6 is 0 Å². The Morgan fingerprint density at radius 1 is 1.36 bits per heavy atom. The Kier molecular flexibility index (Phi) is 3.43. The number of rotatable bonds is 1. The number of hydrogen-bond donors (Lipinski definition) is 5. The molecule has 0 bridgehead atoms. The average molecular weight is 204 g/mol. The van der Waals surface area contributed by atoms with Crippen LogP contribution in [0.15, 0.2) is 0 Å². The minimum atomic E-state index is -1.26. The molecule has 0 heterocycles. The number of carbonyl (C=O) groups is 1. The van der Waals surface area contributed by atoms with Crippen LogP contribution in [0.5, 0.6) is 0 Å². The van der Waals surface area contributed by atoms with Crippen molar-refractivity contribution in [3.8, 4) is 0 Å². The fraction of sp³-hybridized carbons (Fsp3) is 0.875. The van der Waals surface area contributed by atoms with E-state index in [2.05, 4.69) is 5.32 Å². The smallest absolute Gasteiger partial charge is 0.217 e. The molecule has 1 fully saturated rings. The highest BCUT2D eigenvalue weighted by molar-refractivity contribution is 5.73. The van der Waals surface area contributed by atoms with Crippen LogP contribution in [0.2, 0.25) is 0 Å². The SMILES string of the molecule is CC(=O)N[C@@H]1[C@@H](O)[C@H](O)[C@@H](O)C[C@H]1N. The highest BCUT2D eigenvalue weighted by atomic mass is 16.4. The standard InChI is InChI=1S/C8H16N2O4/c1-3(11)10-6-4(9)2-5(12)7(13)8(6)14/h4-8,12-14H,2,9H2,1H3,(H,10,11)/t4-,5+,6+,7-,8-/m1/s1. The fourth-order valence-electron chi connectivity index (χ4n) is 1.69. The first kappa shape index (κ1) is 11.4. The fourth-order valence-corrected chi connectivity index (χ4v) is 1.69. The zero-order valence-corrected chi connectivity index (χ0v) is 7.92. The van der Waals surface area contributed by atoms with E-state index in [-0.39, 0.29) is 12.3 Å². The van der Waals surface area contributed by atoms with Gasteiger partial charge in [-0.3, -0.25) is 4.79 Å². The lowest BCUT2D eigenvalue weighted by Gasteiger charge is -2.39. The first-order chi connectivity index (χ1) is 6.43. The van der Waals surface area contributed by atoms with E-state index in [1.165, 1.54) is 6.92 Å². The minimum absolute atomic E-state index is 0.156. The molecular formula is C8H16N2O4. The van der Waals surface area contributed by atoms with Gasteiger partial charge in [-0.25, -0.2) is 0 Å². The maximum Gasteiger partial charge on any atom is 0.217 e. The summed E-state index contributed by atoms with van der Waals surface area (Å²) in [5, 5.41) is 30.6. The minimum Gasteiger partial charge on any atom is -0.390 e. The highest BCUT2D eigenvalue weighted by Gasteiger charge is 2.41. The normalized spacial score (nSPS) is 43.4. The molecule has 0 radical (unpaired) electrons. The predicted molar refractivity (Wildman–Crippen MR) is 48.2 cm³/mol. The Morgan fingerprint density at radius 3 is 2.43 bits per heavy atom. The van der Waals surface area contributed by atoms with Crippen LogP contribution in [0.4, 0.5) is 0 Å². The Labute approximate surface area is 81.7 Å². The van der Waals surface area contributed by atoms with Gasteiger partial charge in [-0.1, -0.05) is 0 Å². The maximum absolute atomic E-state index is 10.8. The lowest BCUT2D eigenvalue weighted by molar-refractivity contribution is -0.128. The predicted octanol–water partition coefficient (Wildman–Crippen LogP) is -2.70.